The van der Waals surface area contributed by atoms with Gasteiger partial charge in [-0.2, -0.15) is 5.10 Å². The molecule has 1 unspecified atom stereocenters. The SMILES string of the molecule is CCNC(=NCC(c1cnn(C)c1)N(C)C)N1CCN(Cc2cccc(Cl)c2)CC1.I. The fourth-order valence-corrected chi connectivity index (χ4v) is 4.00. The molecule has 0 amide bonds. The van der Waals surface area contributed by atoms with Crippen molar-refractivity contribution in [3.8, 4) is 0 Å². The molecule has 2 aromatic rings. The van der Waals surface area contributed by atoms with Crippen LogP contribution in [-0.4, -0.2) is 83.8 Å². The monoisotopic (exact) mass is 559 g/mol. The van der Waals surface area contributed by atoms with E-state index in [9.17, 15) is 0 Å². The summed E-state index contributed by atoms with van der Waals surface area (Å²) in [6.45, 7) is 8.57. The standard InChI is InChI=1S/C22H34ClN7.HI/c1-5-24-22(25-15-21(27(2)3)19-14-26-28(4)17-19)30-11-9-29(10-12-30)16-18-7-6-8-20(23)13-18;/h6-8,13-14,17,21H,5,9-12,15-16H2,1-4H3,(H,24,25);1H. The third-order valence-corrected chi connectivity index (χ3v) is 5.68. The van der Waals surface area contributed by atoms with Crippen LogP contribution in [0, 0.1) is 0 Å². The molecule has 0 spiro atoms. The molecule has 0 saturated carbocycles. The summed E-state index contributed by atoms with van der Waals surface area (Å²) in [5.74, 6) is 0.996. The maximum Gasteiger partial charge on any atom is 0.194 e. The van der Waals surface area contributed by atoms with Crippen LogP contribution in [-0.2, 0) is 13.6 Å². The molecule has 1 saturated heterocycles. The Morgan fingerprint density at radius 3 is 2.58 bits per heavy atom. The van der Waals surface area contributed by atoms with E-state index in [1.54, 1.807) is 0 Å². The number of hydrogen-bond acceptors (Lipinski definition) is 4. The van der Waals surface area contributed by atoms with Crippen LogP contribution in [0.25, 0.3) is 0 Å². The van der Waals surface area contributed by atoms with Crippen molar-refractivity contribution in [2.45, 2.75) is 19.5 Å². The quantitative estimate of drug-likeness (QED) is 0.321. The largest absolute Gasteiger partial charge is 0.357 e. The molecule has 0 bridgehead atoms. The Labute approximate surface area is 208 Å². The number of aliphatic imine (C=N–C) groups is 1. The summed E-state index contributed by atoms with van der Waals surface area (Å²) in [4.78, 5) is 12.0. The lowest BCUT2D eigenvalue weighted by Crippen LogP contribution is -2.52. The topological polar surface area (TPSA) is 51.9 Å². The van der Waals surface area contributed by atoms with Crippen LogP contribution in [0.3, 0.4) is 0 Å². The average Bonchev–Trinajstić information content (AvgIpc) is 3.14. The Kier molecular flexibility index (Phi) is 10.5. The van der Waals surface area contributed by atoms with Gasteiger partial charge in [-0.1, -0.05) is 23.7 Å². The lowest BCUT2D eigenvalue weighted by molar-refractivity contribution is 0.172. The predicted molar refractivity (Wildman–Crippen MR) is 139 cm³/mol. The van der Waals surface area contributed by atoms with Crippen molar-refractivity contribution in [2.75, 3.05) is 53.4 Å². The summed E-state index contributed by atoms with van der Waals surface area (Å²) in [5.41, 5.74) is 2.45. The van der Waals surface area contributed by atoms with E-state index in [0.717, 1.165) is 50.3 Å². The minimum atomic E-state index is 0. The number of nitrogens with zero attached hydrogens (tertiary/aromatic N) is 6. The molecule has 1 aliphatic rings. The Balaban J connectivity index is 0.00000341. The second-order valence-electron chi connectivity index (χ2n) is 8.01. The Morgan fingerprint density at radius 1 is 1.26 bits per heavy atom. The van der Waals surface area contributed by atoms with E-state index in [1.807, 2.05) is 30.1 Å². The van der Waals surface area contributed by atoms with E-state index in [4.69, 9.17) is 16.6 Å². The van der Waals surface area contributed by atoms with Crippen LogP contribution in [0.4, 0.5) is 0 Å². The number of hydrogen-bond donors (Lipinski definition) is 1. The fourth-order valence-electron chi connectivity index (χ4n) is 3.79. The maximum absolute atomic E-state index is 6.13. The minimum Gasteiger partial charge on any atom is -0.357 e. The molecule has 1 atom stereocenters. The molecule has 7 nitrogen and oxygen atoms in total. The van der Waals surface area contributed by atoms with Crippen molar-refractivity contribution in [3.05, 3.63) is 52.8 Å². The molecule has 1 aliphatic heterocycles. The molecular formula is C22H35ClIN7. The van der Waals surface area contributed by atoms with Crippen molar-refractivity contribution in [2.24, 2.45) is 12.0 Å². The van der Waals surface area contributed by atoms with Gasteiger partial charge in [0.1, 0.15) is 0 Å². The zero-order valence-corrected chi connectivity index (χ0v) is 22.0. The van der Waals surface area contributed by atoms with Gasteiger partial charge in [-0.05, 0) is 38.7 Å². The van der Waals surface area contributed by atoms with Gasteiger partial charge >= 0.3 is 0 Å². The van der Waals surface area contributed by atoms with Gasteiger partial charge in [-0.3, -0.25) is 14.6 Å². The highest BCUT2D eigenvalue weighted by molar-refractivity contribution is 14.0. The zero-order valence-electron chi connectivity index (χ0n) is 19.0. The summed E-state index contributed by atoms with van der Waals surface area (Å²) in [7, 11) is 6.13. The average molecular weight is 560 g/mol. The van der Waals surface area contributed by atoms with Crippen LogP contribution in [0.15, 0.2) is 41.7 Å². The Hall–Kier alpha value is -1.36. The second-order valence-corrected chi connectivity index (χ2v) is 8.45. The predicted octanol–water partition coefficient (Wildman–Crippen LogP) is 3.08. The van der Waals surface area contributed by atoms with Gasteiger partial charge < -0.3 is 15.1 Å². The molecular weight excluding hydrogens is 525 g/mol. The third-order valence-electron chi connectivity index (χ3n) is 5.45. The molecule has 9 heteroatoms. The highest BCUT2D eigenvalue weighted by atomic mass is 127. The fraction of sp³-hybridized carbons (Fsp3) is 0.545. The Morgan fingerprint density at radius 2 is 2.00 bits per heavy atom. The van der Waals surface area contributed by atoms with Crippen molar-refractivity contribution < 1.29 is 0 Å². The highest BCUT2D eigenvalue weighted by Gasteiger charge is 2.21. The van der Waals surface area contributed by atoms with E-state index < -0.39 is 0 Å². The number of rotatable bonds is 7. The van der Waals surface area contributed by atoms with E-state index in [0.29, 0.717) is 6.54 Å². The molecule has 0 aliphatic carbocycles. The second kappa shape index (κ2) is 12.6. The summed E-state index contributed by atoms with van der Waals surface area (Å²) < 4.78 is 1.85. The number of likely N-dealkylation sites (N-methyl/N-ethyl adjacent to an activating group) is 1. The summed E-state index contributed by atoms with van der Waals surface area (Å²) in [6.07, 6.45) is 4.00. The first-order valence-electron chi connectivity index (χ1n) is 10.6. The van der Waals surface area contributed by atoms with E-state index in [1.165, 1.54) is 11.1 Å². The first-order chi connectivity index (χ1) is 14.5. The summed E-state index contributed by atoms with van der Waals surface area (Å²) >= 11 is 6.13. The van der Waals surface area contributed by atoms with Crippen molar-refractivity contribution in [1.82, 2.24) is 29.8 Å². The minimum absolute atomic E-state index is 0. The zero-order chi connectivity index (χ0) is 21.5. The highest BCUT2D eigenvalue weighted by Crippen LogP contribution is 2.18. The van der Waals surface area contributed by atoms with E-state index in [-0.39, 0.29) is 30.0 Å². The first-order valence-corrected chi connectivity index (χ1v) is 11.0. The number of nitrogens with one attached hydrogen (secondary N) is 1. The van der Waals surface area contributed by atoms with Crippen LogP contribution >= 0.6 is 35.6 Å². The molecule has 1 fully saturated rings. The van der Waals surface area contributed by atoms with Crippen LogP contribution in [0.1, 0.15) is 24.1 Å². The summed E-state index contributed by atoms with van der Waals surface area (Å²) in [6, 6.07) is 8.35. The van der Waals surface area contributed by atoms with Crippen molar-refractivity contribution in [1.29, 1.82) is 0 Å². The van der Waals surface area contributed by atoms with Gasteiger partial charge in [-0.15, -0.1) is 24.0 Å². The summed E-state index contributed by atoms with van der Waals surface area (Å²) in [5, 5.41) is 8.60. The maximum atomic E-state index is 6.13. The first kappa shape index (κ1) is 25.9. The molecule has 31 heavy (non-hydrogen) atoms. The van der Waals surface area contributed by atoms with Crippen molar-refractivity contribution >= 4 is 41.5 Å². The Bertz CT molecular complexity index is 831. The van der Waals surface area contributed by atoms with Crippen LogP contribution in [0.2, 0.25) is 5.02 Å². The van der Waals surface area contributed by atoms with Gasteiger partial charge in [0.05, 0.1) is 18.8 Å². The molecule has 3 rings (SSSR count). The molecule has 1 aromatic carbocycles. The van der Waals surface area contributed by atoms with Crippen molar-refractivity contribution in [3.63, 3.8) is 0 Å². The molecule has 1 N–H and O–H groups in total. The molecule has 1 aromatic heterocycles. The van der Waals surface area contributed by atoms with E-state index in [2.05, 4.69) is 64.5 Å². The third kappa shape index (κ3) is 7.62. The lowest BCUT2D eigenvalue weighted by Gasteiger charge is -2.36. The van der Waals surface area contributed by atoms with Gasteiger partial charge in [0.15, 0.2) is 5.96 Å². The normalized spacial score (nSPS) is 16.3. The number of aryl methyl sites for hydroxylation is 1. The number of benzene rings is 1. The number of piperazine rings is 1. The van der Waals surface area contributed by atoms with Gasteiger partial charge in [-0.25, -0.2) is 0 Å². The van der Waals surface area contributed by atoms with Crippen LogP contribution in [0.5, 0.6) is 0 Å². The smallest absolute Gasteiger partial charge is 0.194 e. The van der Waals surface area contributed by atoms with E-state index >= 15 is 0 Å². The number of aromatic nitrogens is 2. The van der Waals surface area contributed by atoms with Gasteiger partial charge in [0, 0.05) is 63.1 Å². The van der Waals surface area contributed by atoms with Crippen LogP contribution < -0.4 is 5.32 Å². The number of guanidine groups is 1. The lowest BCUT2D eigenvalue weighted by atomic mass is 10.1. The molecule has 0 radical (unpaired) electrons. The molecule has 2 heterocycles. The molecule has 172 valence electrons. The number of halogens is 2. The van der Waals surface area contributed by atoms with Gasteiger partial charge in [0.2, 0.25) is 0 Å². The van der Waals surface area contributed by atoms with Gasteiger partial charge in [0.25, 0.3) is 0 Å².